The molecule has 3 heteroatoms. The Bertz CT molecular complexity index is 802. The first-order chi connectivity index (χ1) is 12.7. The Kier molecular flexibility index (Phi) is 6.13. The van der Waals surface area contributed by atoms with Gasteiger partial charge in [-0.15, -0.1) is 0 Å². The van der Waals surface area contributed by atoms with Gasteiger partial charge in [0.2, 0.25) is 0 Å². The minimum atomic E-state index is 0.721. The summed E-state index contributed by atoms with van der Waals surface area (Å²) in [4.78, 5) is 2.36. The Balaban J connectivity index is 1.74. The van der Waals surface area contributed by atoms with Crippen molar-refractivity contribution in [2.45, 2.75) is 20.8 Å². The van der Waals surface area contributed by atoms with Crippen LogP contribution in [0.1, 0.15) is 19.5 Å². The van der Waals surface area contributed by atoms with Gasteiger partial charge in [-0.1, -0.05) is 44.2 Å². The van der Waals surface area contributed by atoms with Crippen LogP contribution in [0.25, 0.3) is 16.9 Å². The molecule has 3 aromatic rings. The standard InChI is InChI=1S/C23H28N2O/c1-4-24(5-2)17-18-26-22-14-12-21(13-15-22)25-19(3)11-16-23(25)20-9-7-6-8-10-20/h6-16H,4-5,17-18H2,1-3H3. The fourth-order valence-corrected chi connectivity index (χ4v) is 3.24. The molecule has 3 nitrogen and oxygen atoms in total. The Labute approximate surface area is 156 Å². The summed E-state index contributed by atoms with van der Waals surface area (Å²) < 4.78 is 8.19. The molecule has 1 aromatic heterocycles. The van der Waals surface area contributed by atoms with Crippen LogP contribution in [-0.2, 0) is 0 Å². The van der Waals surface area contributed by atoms with E-state index in [-0.39, 0.29) is 0 Å². The molecule has 0 unspecified atom stereocenters. The molecule has 0 fully saturated rings. The van der Waals surface area contributed by atoms with Crippen molar-refractivity contribution in [3.8, 4) is 22.7 Å². The van der Waals surface area contributed by atoms with Gasteiger partial charge in [0.25, 0.3) is 0 Å². The highest BCUT2D eigenvalue weighted by atomic mass is 16.5. The predicted molar refractivity (Wildman–Crippen MR) is 109 cm³/mol. The van der Waals surface area contributed by atoms with Crippen LogP contribution in [0.4, 0.5) is 0 Å². The lowest BCUT2D eigenvalue weighted by atomic mass is 10.1. The summed E-state index contributed by atoms with van der Waals surface area (Å²) in [5.74, 6) is 0.923. The van der Waals surface area contributed by atoms with Crippen LogP contribution in [0.15, 0.2) is 66.7 Å². The van der Waals surface area contributed by atoms with Crippen molar-refractivity contribution in [3.05, 3.63) is 72.4 Å². The maximum absolute atomic E-state index is 5.91. The molecule has 136 valence electrons. The summed E-state index contributed by atoms with van der Waals surface area (Å²) in [7, 11) is 0. The number of aryl methyl sites for hydroxylation is 1. The number of ether oxygens (including phenoxy) is 1. The summed E-state index contributed by atoms with van der Waals surface area (Å²) in [6.45, 7) is 10.3. The maximum Gasteiger partial charge on any atom is 0.119 e. The van der Waals surface area contributed by atoms with E-state index in [0.717, 1.165) is 37.7 Å². The lowest BCUT2D eigenvalue weighted by Gasteiger charge is -2.18. The van der Waals surface area contributed by atoms with Gasteiger partial charge in [0.05, 0.1) is 5.69 Å². The monoisotopic (exact) mass is 348 g/mol. The van der Waals surface area contributed by atoms with Gasteiger partial charge in [-0.2, -0.15) is 0 Å². The molecule has 0 saturated carbocycles. The molecule has 0 saturated heterocycles. The van der Waals surface area contributed by atoms with Crippen LogP contribution in [0.2, 0.25) is 0 Å². The molecule has 0 atom stereocenters. The summed E-state index contributed by atoms with van der Waals surface area (Å²) in [6, 6.07) is 23.2. The van der Waals surface area contributed by atoms with Gasteiger partial charge in [0.15, 0.2) is 0 Å². The zero-order valence-electron chi connectivity index (χ0n) is 16.0. The third-order valence-corrected chi connectivity index (χ3v) is 4.81. The van der Waals surface area contributed by atoms with E-state index in [1.165, 1.54) is 17.0 Å². The summed E-state index contributed by atoms with van der Waals surface area (Å²) >= 11 is 0. The Morgan fingerprint density at radius 1 is 0.846 bits per heavy atom. The fraction of sp³-hybridized carbons (Fsp3) is 0.304. The number of hydrogen-bond acceptors (Lipinski definition) is 2. The average molecular weight is 348 g/mol. The van der Waals surface area contributed by atoms with E-state index in [4.69, 9.17) is 4.74 Å². The van der Waals surface area contributed by atoms with Gasteiger partial charge in [-0.3, -0.25) is 0 Å². The molecular weight excluding hydrogens is 320 g/mol. The molecule has 2 aromatic carbocycles. The van der Waals surface area contributed by atoms with E-state index in [1.807, 2.05) is 6.07 Å². The lowest BCUT2D eigenvalue weighted by Crippen LogP contribution is -2.27. The summed E-state index contributed by atoms with van der Waals surface area (Å²) in [5, 5.41) is 0. The molecule has 0 aliphatic rings. The third-order valence-electron chi connectivity index (χ3n) is 4.81. The number of hydrogen-bond donors (Lipinski definition) is 0. The van der Waals surface area contributed by atoms with Gasteiger partial charge < -0.3 is 14.2 Å². The van der Waals surface area contributed by atoms with Gasteiger partial charge in [-0.05, 0) is 62.0 Å². The highest BCUT2D eigenvalue weighted by Crippen LogP contribution is 2.27. The fourth-order valence-electron chi connectivity index (χ4n) is 3.24. The molecule has 3 rings (SSSR count). The van der Waals surface area contributed by atoms with Gasteiger partial charge in [0.1, 0.15) is 12.4 Å². The van der Waals surface area contributed by atoms with Crippen molar-refractivity contribution < 1.29 is 4.74 Å². The molecule has 1 heterocycles. The van der Waals surface area contributed by atoms with Gasteiger partial charge >= 0.3 is 0 Å². The van der Waals surface area contributed by atoms with E-state index < -0.39 is 0 Å². The van der Waals surface area contributed by atoms with Gasteiger partial charge in [0, 0.05) is 17.9 Å². The van der Waals surface area contributed by atoms with Crippen LogP contribution in [0, 0.1) is 6.92 Å². The minimum absolute atomic E-state index is 0.721. The molecule has 0 aliphatic heterocycles. The minimum Gasteiger partial charge on any atom is -0.492 e. The Morgan fingerprint density at radius 2 is 1.54 bits per heavy atom. The van der Waals surface area contributed by atoms with E-state index in [2.05, 4.69) is 90.9 Å². The van der Waals surface area contributed by atoms with Crippen LogP contribution in [0.5, 0.6) is 5.75 Å². The SMILES string of the molecule is CCN(CC)CCOc1ccc(-n2c(C)ccc2-c2ccccc2)cc1. The van der Waals surface area contributed by atoms with Crippen molar-refractivity contribution in [1.82, 2.24) is 9.47 Å². The zero-order chi connectivity index (χ0) is 18.4. The highest BCUT2D eigenvalue weighted by Gasteiger charge is 2.09. The second-order valence-corrected chi connectivity index (χ2v) is 6.43. The predicted octanol–water partition coefficient (Wildman–Crippen LogP) is 5.17. The summed E-state index contributed by atoms with van der Waals surface area (Å²) in [5.41, 5.74) is 4.81. The average Bonchev–Trinajstić information content (AvgIpc) is 3.08. The quantitative estimate of drug-likeness (QED) is 0.558. The molecule has 0 aliphatic carbocycles. The number of nitrogens with zero attached hydrogens (tertiary/aromatic N) is 2. The molecular formula is C23H28N2O. The number of rotatable bonds is 8. The third kappa shape index (κ3) is 4.17. The van der Waals surface area contributed by atoms with E-state index in [1.54, 1.807) is 0 Å². The van der Waals surface area contributed by atoms with E-state index >= 15 is 0 Å². The first-order valence-electron chi connectivity index (χ1n) is 9.42. The van der Waals surface area contributed by atoms with Crippen molar-refractivity contribution in [1.29, 1.82) is 0 Å². The largest absolute Gasteiger partial charge is 0.492 e. The molecule has 0 N–H and O–H groups in total. The molecule has 26 heavy (non-hydrogen) atoms. The highest BCUT2D eigenvalue weighted by molar-refractivity contribution is 5.64. The van der Waals surface area contributed by atoms with Crippen LogP contribution in [-0.4, -0.2) is 35.7 Å². The van der Waals surface area contributed by atoms with Crippen molar-refractivity contribution in [2.24, 2.45) is 0 Å². The summed E-state index contributed by atoms with van der Waals surface area (Å²) in [6.07, 6.45) is 0. The maximum atomic E-state index is 5.91. The van der Waals surface area contributed by atoms with E-state index in [0.29, 0.717) is 0 Å². The molecule has 0 radical (unpaired) electrons. The first kappa shape index (κ1) is 18.3. The Hall–Kier alpha value is -2.52. The van der Waals surface area contributed by atoms with Crippen LogP contribution < -0.4 is 4.74 Å². The van der Waals surface area contributed by atoms with Gasteiger partial charge in [-0.25, -0.2) is 0 Å². The molecule has 0 spiro atoms. The number of aromatic nitrogens is 1. The van der Waals surface area contributed by atoms with Crippen LogP contribution >= 0.6 is 0 Å². The second kappa shape index (κ2) is 8.72. The second-order valence-electron chi connectivity index (χ2n) is 6.43. The smallest absolute Gasteiger partial charge is 0.119 e. The molecule has 0 amide bonds. The van der Waals surface area contributed by atoms with Crippen molar-refractivity contribution >= 4 is 0 Å². The van der Waals surface area contributed by atoms with E-state index in [9.17, 15) is 0 Å². The topological polar surface area (TPSA) is 17.4 Å². The number of likely N-dealkylation sites (N-methyl/N-ethyl adjacent to an activating group) is 1. The molecule has 0 bridgehead atoms. The lowest BCUT2D eigenvalue weighted by molar-refractivity contribution is 0.223. The van der Waals surface area contributed by atoms with Crippen molar-refractivity contribution in [3.63, 3.8) is 0 Å². The number of benzene rings is 2. The van der Waals surface area contributed by atoms with Crippen LogP contribution in [0.3, 0.4) is 0 Å². The Morgan fingerprint density at radius 3 is 2.19 bits per heavy atom. The normalized spacial score (nSPS) is 11.1. The zero-order valence-corrected chi connectivity index (χ0v) is 16.0. The van der Waals surface area contributed by atoms with Crippen molar-refractivity contribution in [2.75, 3.05) is 26.2 Å². The first-order valence-corrected chi connectivity index (χ1v) is 9.42.